The van der Waals surface area contributed by atoms with Gasteiger partial charge in [0.15, 0.2) is 0 Å². The molecule has 0 saturated heterocycles. The van der Waals surface area contributed by atoms with Crippen LogP contribution in [-0.2, 0) is 6.42 Å². The molecule has 4 nitrogen and oxygen atoms in total. The lowest BCUT2D eigenvalue weighted by Crippen LogP contribution is -2.16. The molecule has 0 aliphatic heterocycles. The number of rotatable bonds is 6. The van der Waals surface area contributed by atoms with Crippen molar-refractivity contribution < 1.29 is 17.9 Å². The monoisotopic (exact) mass is 387 g/mol. The van der Waals surface area contributed by atoms with E-state index in [0.29, 0.717) is 17.4 Å². The third-order valence-electron chi connectivity index (χ3n) is 3.92. The van der Waals surface area contributed by atoms with Crippen LogP contribution in [0.15, 0.2) is 60.9 Å². The van der Waals surface area contributed by atoms with E-state index in [0.717, 1.165) is 17.7 Å². The molecule has 0 unspecified atom stereocenters. The van der Waals surface area contributed by atoms with E-state index < -0.39 is 6.36 Å². The summed E-state index contributed by atoms with van der Waals surface area (Å²) in [7, 11) is 0. The van der Waals surface area contributed by atoms with E-state index in [1.807, 2.05) is 12.1 Å². The number of ether oxygens (including phenoxy) is 1. The summed E-state index contributed by atoms with van der Waals surface area (Å²) < 4.78 is 40.5. The molecule has 0 aliphatic rings. The standard InChI is InChI=1S/C21H20F3N3O/c1-14(2)11-15-3-5-16(6-4-15)19-12-20(26-13-25-19)27-17-7-9-18(10-8-17)28-21(22,23)24/h3-10,12-14H,11H2,1-2H3,(H,25,26,27). The molecule has 0 fully saturated rings. The van der Waals surface area contributed by atoms with E-state index >= 15 is 0 Å². The van der Waals surface area contributed by atoms with Gasteiger partial charge in [-0.05, 0) is 42.2 Å². The number of halogens is 3. The van der Waals surface area contributed by atoms with Gasteiger partial charge >= 0.3 is 6.36 Å². The average molecular weight is 387 g/mol. The van der Waals surface area contributed by atoms with Crippen LogP contribution in [-0.4, -0.2) is 16.3 Å². The van der Waals surface area contributed by atoms with Crippen molar-refractivity contribution in [1.82, 2.24) is 9.97 Å². The summed E-state index contributed by atoms with van der Waals surface area (Å²) >= 11 is 0. The fraction of sp³-hybridized carbons (Fsp3) is 0.238. The van der Waals surface area contributed by atoms with Crippen molar-refractivity contribution in [3.8, 4) is 17.0 Å². The van der Waals surface area contributed by atoms with E-state index in [2.05, 4.69) is 46.0 Å². The predicted octanol–water partition coefficient (Wildman–Crippen LogP) is 5.98. The smallest absolute Gasteiger partial charge is 0.406 e. The molecule has 7 heteroatoms. The summed E-state index contributed by atoms with van der Waals surface area (Å²) in [4.78, 5) is 8.47. The van der Waals surface area contributed by atoms with Crippen molar-refractivity contribution in [3.63, 3.8) is 0 Å². The number of hydrogen-bond acceptors (Lipinski definition) is 4. The van der Waals surface area contributed by atoms with Gasteiger partial charge in [-0.25, -0.2) is 9.97 Å². The Labute approximate surface area is 161 Å². The minimum absolute atomic E-state index is 0.275. The summed E-state index contributed by atoms with van der Waals surface area (Å²) in [5.41, 5.74) is 3.58. The molecule has 0 bridgehead atoms. The molecule has 0 amide bonds. The second-order valence-corrected chi connectivity index (χ2v) is 6.78. The Bertz CT molecular complexity index is 907. The van der Waals surface area contributed by atoms with Gasteiger partial charge in [-0.3, -0.25) is 0 Å². The number of alkyl halides is 3. The number of nitrogens with zero attached hydrogens (tertiary/aromatic N) is 2. The van der Waals surface area contributed by atoms with E-state index in [4.69, 9.17) is 0 Å². The van der Waals surface area contributed by atoms with Crippen molar-refractivity contribution in [2.75, 3.05) is 5.32 Å². The molecule has 1 N–H and O–H groups in total. The number of hydrogen-bond donors (Lipinski definition) is 1. The maximum absolute atomic E-state index is 12.2. The van der Waals surface area contributed by atoms with E-state index in [1.54, 1.807) is 6.07 Å². The van der Waals surface area contributed by atoms with Crippen molar-refractivity contribution >= 4 is 11.5 Å². The Kier molecular flexibility index (Phi) is 5.82. The minimum atomic E-state index is -4.71. The van der Waals surface area contributed by atoms with Crippen molar-refractivity contribution in [1.29, 1.82) is 0 Å². The lowest BCUT2D eigenvalue weighted by molar-refractivity contribution is -0.274. The SMILES string of the molecule is CC(C)Cc1ccc(-c2cc(Nc3ccc(OC(F)(F)F)cc3)ncn2)cc1. The van der Waals surface area contributed by atoms with Crippen LogP contribution in [0.5, 0.6) is 5.75 Å². The van der Waals surface area contributed by atoms with Crippen LogP contribution in [0.25, 0.3) is 11.3 Å². The first-order valence-corrected chi connectivity index (χ1v) is 8.83. The molecule has 0 saturated carbocycles. The molecule has 0 spiro atoms. The zero-order valence-corrected chi connectivity index (χ0v) is 15.5. The number of anilines is 2. The first-order valence-electron chi connectivity index (χ1n) is 8.83. The molecule has 3 rings (SSSR count). The third kappa shape index (κ3) is 5.70. The Hall–Kier alpha value is -3.09. The van der Waals surface area contributed by atoms with Crippen LogP contribution in [0.3, 0.4) is 0 Å². The molecular weight excluding hydrogens is 367 g/mol. The summed E-state index contributed by atoms with van der Waals surface area (Å²) in [5, 5.41) is 3.05. The molecule has 146 valence electrons. The highest BCUT2D eigenvalue weighted by molar-refractivity contribution is 5.65. The van der Waals surface area contributed by atoms with E-state index in [9.17, 15) is 13.2 Å². The number of aromatic nitrogens is 2. The zero-order chi connectivity index (χ0) is 20.1. The Morgan fingerprint density at radius 1 is 0.964 bits per heavy atom. The van der Waals surface area contributed by atoms with Crippen LogP contribution < -0.4 is 10.1 Å². The average Bonchev–Trinajstić information content (AvgIpc) is 2.63. The van der Waals surface area contributed by atoms with Crippen molar-refractivity contribution in [2.24, 2.45) is 5.92 Å². The second kappa shape index (κ2) is 8.29. The molecule has 0 atom stereocenters. The van der Waals surface area contributed by atoms with Gasteiger partial charge in [0.05, 0.1) is 5.69 Å². The largest absolute Gasteiger partial charge is 0.573 e. The van der Waals surface area contributed by atoms with Crippen molar-refractivity contribution in [3.05, 3.63) is 66.5 Å². The summed E-state index contributed by atoms with van der Waals surface area (Å²) in [5.74, 6) is 0.859. The predicted molar refractivity (Wildman–Crippen MR) is 102 cm³/mol. The molecule has 0 radical (unpaired) electrons. The van der Waals surface area contributed by atoms with Crippen LogP contribution in [0.1, 0.15) is 19.4 Å². The van der Waals surface area contributed by atoms with Crippen LogP contribution in [0.4, 0.5) is 24.7 Å². The van der Waals surface area contributed by atoms with Gasteiger partial charge < -0.3 is 10.1 Å². The highest BCUT2D eigenvalue weighted by atomic mass is 19.4. The molecule has 3 aromatic rings. The molecule has 2 aromatic carbocycles. The lowest BCUT2D eigenvalue weighted by Gasteiger charge is -2.11. The van der Waals surface area contributed by atoms with Crippen LogP contribution in [0, 0.1) is 5.92 Å². The Morgan fingerprint density at radius 3 is 2.25 bits per heavy atom. The summed E-state index contributed by atoms with van der Waals surface area (Å²) in [6.45, 7) is 4.36. The van der Waals surface area contributed by atoms with Gasteiger partial charge in [-0.1, -0.05) is 38.1 Å². The molecule has 1 heterocycles. The quantitative estimate of drug-likeness (QED) is 0.565. The first-order chi connectivity index (χ1) is 13.3. The van der Waals surface area contributed by atoms with Crippen LogP contribution in [0.2, 0.25) is 0 Å². The zero-order valence-electron chi connectivity index (χ0n) is 15.5. The second-order valence-electron chi connectivity index (χ2n) is 6.78. The maximum atomic E-state index is 12.2. The summed E-state index contributed by atoms with van der Waals surface area (Å²) in [6.07, 6.45) is -2.24. The van der Waals surface area contributed by atoms with Crippen molar-refractivity contribution in [2.45, 2.75) is 26.6 Å². The Balaban J connectivity index is 1.71. The minimum Gasteiger partial charge on any atom is -0.406 e. The number of nitrogens with one attached hydrogen (secondary N) is 1. The fourth-order valence-electron chi connectivity index (χ4n) is 2.75. The van der Waals surface area contributed by atoms with Gasteiger partial charge in [0.25, 0.3) is 0 Å². The van der Waals surface area contributed by atoms with Crippen LogP contribution >= 0.6 is 0 Å². The van der Waals surface area contributed by atoms with Gasteiger partial charge in [-0.15, -0.1) is 13.2 Å². The van der Waals surface area contributed by atoms with Gasteiger partial charge in [0.2, 0.25) is 0 Å². The Morgan fingerprint density at radius 2 is 1.64 bits per heavy atom. The molecule has 1 aromatic heterocycles. The number of benzene rings is 2. The highest BCUT2D eigenvalue weighted by Crippen LogP contribution is 2.26. The first kappa shape index (κ1) is 19.7. The van der Waals surface area contributed by atoms with E-state index in [-0.39, 0.29) is 5.75 Å². The maximum Gasteiger partial charge on any atom is 0.573 e. The topological polar surface area (TPSA) is 47.0 Å². The van der Waals surface area contributed by atoms with E-state index in [1.165, 1.54) is 36.2 Å². The fourth-order valence-corrected chi connectivity index (χ4v) is 2.75. The van der Waals surface area contributed by atoms with Gasteiger partial charge in [0.1, 0.15) is 17.9 Å². The normalized spacial score (nSPS) is 11.5. The molecule has 28 heavy (non-hydrogen) atoms. The molecular formula is C21H20F3N3O. The van der Waals surface area contributed by atoms with Gasteiger partial charge in [-0.2, -0.15) is 0 Å². The molecule has 0 aliphatic carbocycles. The highest BCUT2D eigenvalue weighted by Gasteiger charge is 2.30. The third-order valence-corrected chi connectivity index (χ3v) is 3.92. The summed E-state index contributed by atoms with van der Waals surface area (Å²) in [6, 6.07) is 15.5. The van der Waals surface area contributed by atoms with Gasteiger partial charge in [0, 0.05) is 17.3 Å². The lowest BCUT2D eigenvalue weighted by atomic mass is 10.0.